The number of carbonyl (C=O) groups is 2. The fourth-order valence-electron chi connectivity index (χ4n) is 1.25. The van der Waals surface area contributed by atoms with Crippen LogP contribution in [0.3, 0.4) is 0 Å². The molecule has 106 valence electrons. The number of rotatable bonds is 4. The van der Waals surface area contributed by atoms with Gasteiger partial charge in [0.25, 0.3) is 5.91 Å². The maximum absolute atomic E-state index is 12.3. The second kappa shape index (κ2) is 6.06. The average molecular weight is 286 g/mol. The number of nitrogens with zero attached hydrogens (tertiary/aromatic N) is 1. The number of nitrogens with one attached hydrogen (secondary N) is 1. The summed E-state index contributed by atoms with van der Waals surface area (Å²) in [6.07, 6.45) is 0.627. The number of halogens is 3. The van der Waals surface area contributed by atoms with Gasteiger partial charge in [0.2, 0.25) is 0 Å². The molecule has 1 unspecified atom stereocenters. The summed E-state index contributed by atoms with van der Waals surface area (Å²) in [7, 11) is 0. The Kier molecular flexibility index (Phi) is 4.69. The van der Waals surface area contributed by atoms with E-state index in [1.807, 2.05) is 0 Å². The van der Waals surface area contributed by atoms with E-state index in [2.05, 4.69) is 16.2 Å². The normalized spacial score (nSPS) is 12.3. The lowest BCUT2D eigenvalue weighted by Gasteiger charge is -2.11. The maximum atomic E-state index is 12.3. The van der Waals surface area contributed by atoms with Gasteiger partial charge in [-0.3, -0.25) is 9.78 Å². The van der Waals surface area contributed by atoms with E-state index in [1.54, 1.807) is 0 Å². The van der Waals surface area contributed by atoms with Gasteiger partial charge in [0.05, 0.1) is 5.56 Å². The molecular weight excluding hydrogens is 277 g/mol. The molecule has 0 bridgehead atoms. The van der Waals surface area contributed by atoms with E-state index in [0.717, 1.165) is 6.07 Å². The highest BCUT2D eigenvalue weighted by molar-refractivity contribution is 5.95. The van der Waals surface area contributed by atoms with Crippen LogP contribution in [0.5, 0.6) is 0 Å². The number of hydrogen-bond acceptors (Lipinski definition) is 3. The van der Waals surface area contributed by atoms with Gasteiger partial charge in [-0.25, -0.2) is 4.79 Å². The Bertz CT molecular complexity index is 547. The van der Waals surface area contributed by atoms with Crippen molar-refractivity contribution in [2.45, 2.75) is 18.6 Å². The molecular formula is C12H9F3N2O3. The number of carboxylic acids is 1. The zero-order chi connectivity index (χ0) is 15.3. The minimum absolute atomic E-state index is 0.248. The summed E-state index contributed by atoms with van der Waals surface area (Å²) in [4.78, 5) is 25.7. The van der Waals surface area contributed by atoms with Gasteiger partial charge in [0.15, 0.2) is 0 Å². The molecule has 20 heavy (non-hydrogen) atoms. The van der Waals surface area contributed by atoms with Crippen LogP contribution in [0.15, 0.2) is 18.3 Å². The van der Waals surface area contributed by atoms with Crippen molar-refractivity contribution < 1.29 is 27.9 Å². The zero-order valence-corrected chi connectivity index (χ0v) is 9.94. The number of pyridine rings is 1. The molecule has 1 aromatic rings. The standard InChI is InChI=1S/C12H9F3N2O3/c1-2-3-9(11(19)20)17-10(18)8-5-4-7(6-16-8)12(13,14)15/h1,4-6,9H,3H2,(H,17,18)(H,19,20). The molecule has 1 amide bonds. The quantitative estimate of drug-likeness (QED) is 0.818. The van der Waals surface area contributed by atoms with Crippen molar-refractivity contribution in [3.05, 3.63) is 29.6 Å². The van der Waals surface area contributed by atoms with E-state index in [4.69, 9.17) is 11.5 Å². The molecule has 0 fully saturated rings. The summed E-state index contributed by atoms with van der Waals surface area (Å²) in [5.74, 6) is -0.189. The molecule has 1 heterocycles. The van der Waals surface area contributed by atoms with Crippen LogP contribution in [0.4, 0.5) is 13.2 Å². The fraction of sp³-hybridized carbons (Fsp3) is 0.250. The third-order valence-electron chi connectivity index (χ3n) is 2.25. The monoisotopic (exact) mass is 286 g/mol. The Balaban J connectivity index is 2.83. The lowest BCUT2D eigenvalue weighted by molar-refractivity contribution is -0.139. The minimum Gasteiger partial charge on any atom is -0.480 e. The number of aliphatic carboxylic acids is 1. The molecule has 5 nitrogen and oxygen atoms in total. The lowest BCUT2D eigenvalue weighted by Crippen LogP contribution is -2.40. The molecule has 0 spiro atoms. The van der Waals surface area contributed by atoms with Gasteiger partial charge in [-0.2, -0.15) is 13.2 Å². The molecule has 0 radical (unpaired) electrons. The van der Waals surface area contributed by atoms with Gasteiger partial charge >= 0.3 is 12.1 Å². The molecule has 0 saturated carbocycles. The summed E-state index contributed by atoms with van der Waals surface area (Å²) in [6.45, 7) is 0. The van der Waals surface area contributed by atoms with Crippen molar-refractivity contribution in [2.24, 2.45) is 0 Å². The van der Waals surface area contributed by atoms with Gasteiger partial charge in [-0.1, -0.05) is 0 Å². The van der Waals surface area contributed by atoms with E-state index in [-0.39, 0.29) is 12.1 Å². The minimum atomic E-state index is -4.56. The molecule has 0 aliphatic carbocycles. The van der Waals surface area contributed by atoms with Gasteiger partial charge < -0.3 is 10.4 Å². The fourth-order valence-corrected chi connectivity index (χ4v) is 1.25. The summed E-state index contributed by atoms with van der Waals surface area (Å²) in [5.41, 5.74) is -1.34. The second-order valence-corrected chi connectivity index (χ2v) is 3.70. The Morgan fingerprint density at radius 1 is 1.45 bits per heavy atom. The van der Waals surface area contributed by atoms with Crippen molar-refractivity contribution in [3.8, 4) is 12.3 Å². The molecule has 1 aromatic heterocycles. The number of amides is 1. The second-order valence-electron chi connectivity index (χ2n) is 3.70. The van der Waals surface area contributed by atoms with Crippen molar-refractivity contribution in [1.29, 1.82) is 0 Å². The largest absolute Gasteiger partial charge is 0.480 e. The number of carboxylic acid groups (broad SMARTS) is 1. The number of carbonyl (C=O) groups excluding carboxylic acids is 1. The summed E-state index contributed by atoms with van der Waals surface area (Å²) in [5, 5.41) is 10.8. The van der Waals surface area contributed by atoms with Crippen LogP contribution in [0.1, 0.15) is 22.5 Å². The smallest absolute Gasteiger partial charge is 0.417 e. The summed E-state index contributed by atoms with van der Waals surface area (Å²) in [6, 6.07) is 0.211. The Morgan fingerprint density at radius 2 is 2.10 bits per heavy atom. The molecule has 1 rings (SSSR count). The lowest BCUT2D eigenvalue weighted by atomic mass is 10.2. The molecule has 1 atom stereocenters. The highest BCUT2D eigenvalue weighted by Gasteiger charge is 2.31. The van der Waals surface area contributed by atoms with E-state index in [9.17, 15) is 22.8 Å². The predicted molar refractivity (Wildman–Crippen MR) is 61.6 cm³/mol. The third kappa shape index (κ3) is 3.98. The third-order valence-corrected chi connectivity index (χ3v) is 2.25. The van der Waals surface area contributed by atoms with Crippen LogP contribution in [-0.4, -0.2) is 28.0 Å². The van der Waals surface area contributed by atoms with Crippen LogP contribution < -0.4 is 5.32 Å². The van der Waals surface area contributed by atoms with Gasteiger partial charge in [0.1, 0.15) is 11.7 Å². The first-order valence-corrected chi connectivity index (χ1v) is 5.26. The highest BCUT2D eigenvalue weighted by Crippen LogP contribution is 2.28. The number of aromatic nitrogens is 1. The summed E-state index contributed by atoms with van der Waals surface area (Å²) < 4.78 is 36.9. The van der Waals surface area contributed by atoms with Crippen LogP contribution >= 0.6 is 0 Å². The summed E-state index contributed by atoms with van der Waals surface area (Å²) >= 11 is 0. The van der Waals surface area contributed by atoms with Gasteiger partial charge in [-0.15, -0.1) is 12.3 Å². The predicted octanol–water partition coefficient (Wildman–Crippen LogP) is 1.31. The Hall–Kier alpha value is -2.56. The van der Waals surface area contributed by atoms with Crippen molar-refractivity contribution >= 4 is 11.9 Å². The van der Waals surface area contributed by atoms with E-state index in [1.165, 1.54) is 0 Å². The van der Waals surface area contributed by atoms with Gasteiger partial charge in [-0.05, 0) is 12.1 Å². The first-order valence-electron chi connectivity index (χ1n) is 5.26. The van der Waals surface area contributed by atoms with Crippen molar-refractivity contribution in [3.63, 3.8) is 0 Å². The first-order chi connectivity index (χ1) is 9.25. The molecule has 0 aliphatic heterocycles. The van der Waals surface area contributed by atoms with Crippen LogP contribution in [0, 0.1) is 12.3 Å². The maximum Gasteiger partial charge on any atom is 0.417 e. The molecule has 0 aromatic carbocycles. The number of hydrogen-bond donors (Lipinski definition) is 2. The Labute approximate surface area is 111 Å². The topological polar surface area (TPSA) is 79.3 Å². The molecule has 8 heteroatoms. The van der Waals surface area contributed by atoms with E-state index in [0.29, 0.717) is 12.3 Å². The first kappa shape index (κ1) is 15.5. The molecule has 2 N–H and O–H groups in total. The van der Waals surface area contributed by atoms with Crippen molar-refractivity contribution in [1.82, 2.24) is 10.3 Å². The molecule has 0 aliphatic rings. The van der Waals surface area contributed by atoms with E-state index >= 15 is 0 Å². The highest BCUT2D eigenvalue weighted by atomic mass is 19.4. The van der Waals surface area contributed by atoms with Crippen LogP contribution in [0.2, 0.25) is 0 Å². The van der Waals surface area contributed by atoms with Gasteiger partial charge in [0, 0.05) is 12.6 Å². The number of alkyl halides is 3. The average Bonchev–Trinajstić information content (AvgIpc) is 2.37. The van der Waals surface area contributed by atoms with Crippen LogP contribution in [-0.2, 0) is 11.0 Å². The van der Waals surface area contributed by atoms with E-state index < -0.39 is 29.7 Å². The molecule has 0 saturated heterocycles. The Morgan fingerprint density at radius 3 is 2.50 bits per heavy atom. The van der Waals surface area contributed by atoms with Crippen LogP contribution in [0.25, 0.3) is 0 Å². The zero-order valence-electron chi connectivity index (χ0n) is 9.94. The SMILES string of the molecule is C#CCC(NC(=O)c1ccc(C(F)(F)F)cn1)C(=O)O. The van der Waals surface area contributed by atoms with Crippen molar-refractivity contribution in [2.75, 3.05) is 0 Å². The number of terminal acetylenes is 1.